The molecule has 0 radical (unpaired) electrons. The highest BCUT2D eigenvalue weighted by molar-refractivity contribution is 7.91. The number of nitrogens with zero attached hydrogens (tertiary/aromatic N) is 4. The molecule has 1 saturated carbocycles. The third kappa shape index (κ3) is 6.47. The van der Waals surface area contributed by atoms with Gasteiger partial charge in [0.2, 0.25) is 15.8 Å². The van der Waals surface area contributed by atoms with Crippen LogP contribution in [0.5, 0.6) is 0 Å². The van der Waals surface area contributed by atoms with Crippen molar-refractivity contribution in [3.05, 3.63) is 65.5 Å². The first-order valence-corrected chi connectivity index (χ1v) is 13.8. The van der Waals surface area contributed by atoms with Crippen molar-refractivity contribution in [3.63, 3.8) is 0 Å². The Balaban J connectivity index is 1.43. The maximum absolute atomic E-state index is 13.2. The maximum Gasteiger partial charge on any atom is 0.416 e. The highest BCUT2D eigenvalue weighted by Crippen LogP contribution is 2.32. The van der Waals surface area contributed by atoms with Crippen LogP contribution in [0.25, 0.3) is 0 Å². The van der Waals surface area contributed by atoms with Gasteiger partial charge in [0.25, 0.3) is 5.91 Å². The van der Waals surface area contributed by atoms with E-state index < -0.39 is 37.4 Å². The van der Waals surface area contributed by atoms with Gasteiger partial charge in [-0.25, -0.2) is 18.4 Å². The fraction of sp³-hybridized carbons (Fsp3) is 0.385. The van der Waals surface area contributed by atoms with E-state index in [9.17, 15) is 26.4 Å². The van der Waals surface area contributed by atoms with Crippen LogP contribution in [0.15, 0.2) is 58.7 Å². The first kappa shape index (κ1) is 28.3. The summed E-state index contributed by atoms with van der Waals surface area (Å²) in [6.07, 6.45) is 0.934. The Morgan fingerprint density at radius 2 is 1.72 bits per heavy atom. The van der Waals surface area contributed by atoms with E-state index in [0.29, 0.717) is 24.9 Å². The van der Waals surface area contributed by atoms with Crippen LogP contribution < -0.4 is 15.5 Å². The molecule has 13 heteroatoms. The Morgan fingerprint density at radius 1 is 1.03 bits per heavy atom. The van der Waals surface area contributed by atoms with Crippen LogP contribution in [0, 0.1) is 6.92 Å². The second-order valence-electron chi connectivity index (χ2n) is 9.65. The van der Waals surface area contributed by atoms with E-state index in [1.165, 1.54) is 18.3 Å². The van der Waals surface area contributed by atoms with E-state index in [2.05, 4.69) is 25.6 Å². The topological polar surface area (TPSA) is 117 Å². The van der Waals surface area contributed by atoms with Crippen molar-refractivity contribution in [1.29, 1.82) is 0 Å². The number of hydrogen-bond acceptors (Lipinski definition) is 8. The van der Waals surface area contributed by atoms with Gasteiger partial charge in [0, 0.05) is 44.1 Å². The zero-order valence-corrected chi connectivity index (χ0v) is 22.5. The van der Waals surface area contributed by atoms with Gasteiger partial charge in [0.15, 0.2) is 5.03 Å². The van der Waals surface area contributed by atoms with E-state index >= 15 is 0 Å². The lowest BCUT2D eigenvalue weighted by Gasteiger charge is -2.30. The molecule has 39 heavy (non-hydrogen) atoms. The molecule has 0 saturated heterocycles. The minimum absolute atomic E-state index is 0.103. The van der Waals surface area contributed by atoms with Gasteiger partial charge in [-0.2, -0.15) is 18.2 Å². The molecular formula is C26H29F3N6O3S. The Kier molecular flexibility index (Phi) is 8.09. The number of hydrogen-bond donors (Lipinski definition) is 2. The highest BCUT2D eigenvalue weighted by Gasteiger charge is 2.33. The third-order valence-corrected chi connectivity index (χ3v) is 8.22. The fourth-order valence-corrected chi connectivity index (χ4v) is 5.93. The van der Waals surface area contributed by atoms with Crippen molar-refractivity contribution in [2.24, 2.45) is 0 Å². The zero-order valence-electron chi connectivity index (χ0n) is 21.7. The Labute approximate surface area is 224 Å². The van der Waals surface area contributed by atoms with Crippen LogP contribution in [0.2, 0.25) is 0 Å². The third-order valence-electron chi connectivity index (χ3n) is 6.51. The SMILES string of the molecule is Cc1cnc(N[C@H]2CC[C@@H](NC(=O)c3cccnc3S(=O)(=O)c3cccc(C(F)(F)F)c3)CC2)nc1N(C)C. The van der Waals surface area contributed by atoms with Gasteiger partial charge >= 0.3 is 6.18 Å². The number of aryl methyl sites for hydroxylation is 1. The van der Waals surface area contributed by atoms with Crippen LogP contribution in [-0.4, -0.2) is 55.5 Å². The van der Waals surface area contributed by atoms with E-state index in [-0.39, 0.29) is 17.6 Å². The smallest absolute Gasteiger partial charge is 0.362 e. The molecule has 0 unspecified atom stereocenters. The van der Waals surface area contributed by atoms with Gasteiger partial charge in [-0.1, -0.05) is 6.07 Å². The average molecular weight is 563 g/mol. The maximum atomic E-state index is 13.2. The molecule has 1 aliphatic carbocycles. The number of aromatic nitrogens is 3. The summed E-state index contributed by atoms with van der Waals surface area (Å²) in [7, 11) is -0.677. The summed E-state index contributed by atoms with van der Waals surface area (Å²) >= 11 is 0. The highest BCUT2D eigenvalue weighted by atomic mass is 32.2. The monoisotopic (exact) mass is 562 g/mol. The molecule has 1 aromatic carbocycles. The average Bonchev–Trinajstić information content (AvgIpc) is 2.90. The molecule has 208 valence electrons. The van der Waals surface area contributed by atoms with Crippen molar-refractivity contribution in [2.75, 3.05) is 24.3 Å². The number of carbonyl (C=O) groups is 1. The molecule has 0 spiro atoms. The molecule has 3 aromatic rings. The van der Waals surface area contributed by atoms with Crippen LogP contribution in [0.1, 0.15) is 47.2 Å². The minimum atomic E-state index is -4.72. The summed E-state index contributed by atoms with van der Waals surface area (Å²) < 4.78 is 65.9. The van der Waals surface area contributed by atoms with E-state index in [0.717, 1.165) is 42.4 Å². The molecule has 0 atom stereocenters. The number of benzene rings is 1. The van der Waals surface area contributed by atoms with E-state index in [1.807, 2.05) is 25.9 Å². The molecule has 0 aliphatic heterocycles. The van der Waals surface area contributed by atoms with Crippen molar-refractivity contribution >= 4 is 27.5 Å². The van der Waals surface area contributed by atoms with Gasteiger partial charge in [-0.15, -0.1) is 0 Å². The summed E-state index contributed by atoms with van der Waals surface area (Å²) in [6, 6.07) is 5.98. The van der Waals surface area contributed by atoms with E-state index in [1.54, 1.807) is 6.20 Å². The number of alkyl halides is 3. The van der Waals surface area contributed by atoms with Crippen molar-refractivity contribution in [1.82, 2.24) is 20.3 Å². The Bertz CT molecular complexity index is 1460. The number of halogens is 3. The number of sulfone groups is 1. The molecule has 2 heterocycles. The van der Waals surface area contributed by atoms with E-state index in [4.69, 9.17) is 0 Å². The van der Waals surface area contributed by atoms with Gasteiger partial charge in [0.1, 0.15) is 5.82 Å². The Morgan fingerprint density at radius 3 is 2.38 bits per heavy atom. The van der Waals surface area contributed by atoms with Crippen molar-refractivity contribution in [3.8, 4) is 0 Å². The number of amides is 1. The van der Waals surface area contributed by atoms with Gasteiger partial charge in [-0.3, -0.25) is 4.79 Å². The molecule has 1 fully saturated rings. The van der Waals surface area contributed by atoms with Crippen LogP contribution in [0.4, 0.5) is 24.9 Å². The lowest BCUT2D eigenvalue weighted by molar-refractivity contribution is -0.137. The number of carbonyl (C=O) groups excluding carboxylic acids is 1. The molecule has 2 aromatic heterocycles. The fourth-order valence-electron chi connectivity index (χ4n) is 4.51. The summed E-state index contributed by atoms with van der Waals surface area (Å²) in [5.74, 6) is 0.694. The molecule has 1 amide bonds. The number of nitrogens with one attached hydrogen (secondary N) is 2. The predicted octanol–water partition coefficient (Wildman–Crippen LogP) is 4.25. The molecular weight excluding hydrogens is 533 g/mol. The molecule has 4 rings (SSSR count). The first-order chi connectivity index (χ1) is 18.4. The largest absolute Gasteiger partial charge is 0.416 e. The standard InChI is InChI=1S/C26H29F3N6O3S/c1-16-15-31-25(34-22(16)35(2)3)33-19-11-9-18(10-12-19)32-23(36)21-8-5-13-30-24(21)39(37,38)20-7-4-6-17(14-20)26(27,28)29/h4-8,13-15,18-19H,9-12H2,1-3H3,(H,32,36)(H,31,33,34)/t18-,19+. The first-order valence-electron chi connectivity index (χ1n) is 12.3. The predicted molar refractivity (Wildman–Crippen MR) is 139 cm³/mol. The number of pyridine rings is 1. The summed E-state index contributed by atoms with van der Waals surface area (Å²) in [5.41, 5.74) is -0.369. The van der Waals surface area contributed by atoms with Gasteiger partial charge < -0.3 is 15.5 Å². The van der Waals surface area contributed by atoms with Crippen molar-refractivity contribution in [2.45, 2.75) is 60.8 Å². The molecule has 0 bridgehead atoms. The van der Waals surface area contributed by atoms with Gasteiger partial charge in [0.05, 0.1) is 16.0 Å². The minimum Gasteiger partial charge on any atom is -0.362 e. The van der Waals surface area contributed by atoms with Crippen LogP contribution >= 0.6 is 0 Å². The van der Waals surface area contributed by atoms with Crippen LogP contribution in [0.3, 0.4) is 0 Å². The van der Waals surface area contributed by atoms with Crippen LogP contribution in [-0.2, 0) is 16.0 Å². The number of anilines is 2. The van der Waals surface area contributed by atoms with Gasteiger partial charge in [-0.05, 0) is 62.9 Å². The lowest BCUT2D eigenvalue weighted by Crippen LogP contribution is -2.40. The lowest BCUT2D eigenvalue weighted by atomic mass is 9.91. The quantitative estimate of drug-likeness (QED) is 0.439. The normalized spacial score (nSPS) is 17.9. The van der Waals surface area contributed by atoms with Crippen molar-refractivity contribution < 1.29 is 26.4 Å². The second kappa shape index (κ2) is 11.2. The zero-order chi connectivity index (χ0) is 28.4. The molecule has 1 aliphatic rings. The summed E-state index contributed by atoms with van der Waals surface area (Å²) in [5, 5.41) is 5.61. The summed E-state index contributed by atoms with van der Waals surface area (Å²) in [4.78, 5) is 27.2. The molecule has 2 N–H and O–H groups in total. The molecule has 9 nitrogen and oxygen atoms in total. The summed E-state index contributed by atoms with van der Waals surface area (Å²) in [6.45, 7) is 1.94. The second-order valence-corrected chi connectivity index (χ2v) is 11.5. The number of rotatable bonds is 7. The Hall–Kier alpha value is -3.74.